The standard InChI is InChI=1S/C20H21N5O3/c26-19(21-15-4-5-16-17(13-15)28-12-11-27-16)14-6-9-24(10-7-14)20-23-22-18-3-1-2-8-25(18)20/h1-5,8,13-14H,6-7,9-12H2,(H,21,26). The molecule has 0 aliphatic carbocycles. The van der Waals surface area contributed by atoms with Crippen molar-refractivity contribution in [2.24, 2.45) is 5.92 Å². The van der Waals surface area contributed by atoms with Gasteiger partial charge in [0.25, 0.3) is 0 Å². The summed E-state index contributed by atoms with van der Waals surface area (Å²) in [6, 6.07) is 11.4. The number of carbonyl (C=O) groups excluding carboxylic acids is 1. The molecule has 0 saturated carbocycles. The largest absolute Gasteiger partial charge is 0.486 e. The van der Waals surface area contributed by atoms with E-state index in [1.807, 2.05) is 47.0 Å². The Morgan fingerprint density at radius 1 is 1.04 bits per heavy atom. The molecule has 28 heavy (non-hydrogen) atoms. The van der Waals surface area contributed by atoms with E-state index in [2.05, 4.69) is 20.4 Å². The highest BCUT2D eigenvalue weighted by Crippen LogP contribution is 2.33. The molecule has 2 aliphatic heterocycles. The number of amides is 1. The van der Waals surface area contributed by atoms with E-state index in [-0.39, 0.29) is 11.8 Å². The number of fused-ring (bicyclic) bond motifs is 2. The number of nitrogens with one attached hydrogen (secondary N) is 1. The lowest BCUT2D eigenvalue weighted by atomic mass is 9.96. The van der Waals surface area contributed by atoms with E-state index >= 15 is 0 Å². The number of aromatic nitrogens is 3. The molecular formula is C20H21N5O3. The van der Waals surface area contributed by atoms with Crippen molar-refractivity contribution >= 4 is 23.2 Å². The smallest absolute Gasteiger partial charge is 0.231 e. The van der Waals surface area contributed by atoms with Crippen LogP contribution in [-0.4, -0.2) is 46.8 Å². The normalized spacial score (nSPS) is 16.9. The Morgan fingerprint density at radius 3 is 2.71 bits per heavy atom. The summed E-state index contributed by atoms with van der Waals surface area (Å²) in [5.41, 5.74) is 1.57. The second-order valence-corrected chi connectivity index (χ2v) is 7.04. The molecule has 144 valence electrons. The highest BCUT2D eigenvalue weighted by Gasteiger charge is 2.27. The number of carbonyl (C=O) groups is 1. The number of anilines is 2. The van der Waals surface area contributed by atoms with Gasteiger partial charge >= 0.3 is 0 Å². The van der Waals surface area contributed by atoms with Crippen LogP contribution >= 0.6 is 0 Å². The van der Waals surface area contributed by atoms with E-state index in [1.165, 1.54) is 0 Å². The number of rotatable bonds is 3. The summed E-state index contributed by atoms with van der Waals surface area (Å²) >= 11 is 0. The summed E-state index contributed by atoms with van der Waals surface area (Å²) in [4.78, 5) is 14.9. The first-order valence-electron chi connectivity index (χ1n) is 9.53. The van der Waals surface area contributed by atoms with E-state index in [1.54, 1.807) is 0 Å². The van der Waals surface area contributed by atoms with E-state index in [0.29, 0.717) is 19.0 Å². The maximum Gasteiger partial charge on any atom is 0.231 e. The molecule has 0 atom stereocenters. The van der Waals surface area contributed by atoms with Crippen molar-refractivity contribution in [1.82, 2.24) is 14.6 Å². The number of benzene rings is 1. The number of hydrogen-bond acceptors (Lipinski definition) is 6. The Kier molecular flexibility index (Phi) is 4.23. The quantitative estimate of drug-likeness (QED) is 0.752. The maximum atomic E-state index is 12.7. The van der Waals surface area contributed by atoms with Gasteiger partial charge in [0.15, 0.2) is 17.1 Å². The van der Waals surface area contributed by atoms with Gasteiger partial charge in [-0.25, -0.2) is 0 Å². The minimum absolute atomic E-state index is 0.0244. The van der Waals surface area contributed by atoms with Gasteiger partial charge < -0.3 is 19.7 Å². The zero-order valence-corrected chi connectivity index (χ0v) is 15.4. The summed E-state index contributed by atoms with van der Waals surface area (Å²) in [5.74, 6) is 2.25. The fourth-order valence-electron chi connectivity index (χ4n) is 3.75. The zero-order chi connectivity index (χ0) is 18.9. The van der Waals surface area contributed by atoms with Crippen LogP contribution in [0.4, 0.5) is 11.6 Å². The molecule has 0 unspecified atom stereocenters. The number of pyridine rings is 1. The lowest BCUT2D eigenvalue weighted by Gasteiger charge is -2.31. The van der Waals surface area contributed by atoms with Crippen molar-refractivity contribution in [2.75, 3.05) is 36.5 Å². The van der Waals surface area contributed by atoms with Crippen molar-refractivity contribution in [2.45, 2.75) is 12.8 Å². The monoisotopic (exact) mass is 379 g/mol. The van der Waals surface area contributed by atoms with Crippen LogP contribution in [-0.2, 0) is 4.79 Å². The zero-order valence-electron chi connectivity index (χ0n) is 15.4. The van der Waals surface area contributed by atoms with Gasteiger partial charge in [-0.05, 0) is 37.1 Å². The summed E-state index contributed by atoms with van der Waals surface area (Å²) in [5, 5.41) is 11.5. The molecule has 1 amide bonds. The molecule has 1 saturated heterocycles. The molecule has 4 heterocycles. The Labute approximate surface area is 162 Å². The predicted molar refractivity (Wildman–Crippen MR) is 104 cm³/mol. The first kappa shape index (κ1) is 16.9. The van der Waals surface area contributed by atoms with Crippen molar-refractivity contribution in [1.29, 1.82) is 0 Å². The van der Waals surface area contributed by atoms with E-state index in [9.17, 15) is 4.79 Å². The molecule has 2 aromatic heterocycles. The molecule has 5 rings (SSSR count). The van der Waals surface area contributed by atoms with Gasteiger partial charge in [0, 0.05) is 37.0 Å². The topological polar surface area (TPSA) is 81.0 Å². The molecule has 3 aromatic rings. The number of piperidine rings is 1. The molecule has 0 spiro atoms. The third kappa shape index (κ3) is 3.11. The number of ether oxygens (including phenoxy) is 2. The highest BCUT2D eigenvalue weighted by atomic mass is 16.6. The molecule has 1 aromatic carbocycles. The molecule has 8 nitrogen and oxygen atoms in total. The third-order valence-electron chi connectivity index (χ3n) is 5.25. The number of hydrogen-bond donors (Lipinski definition) is 1. The summed E-state index contributed by atoms with van der Waals surface area (Å²) < 4.78 is 13.1. The van der Waals surface area contributed by atoms with Crippen LogP contribution in [0, 0.1) is 5.92 Å². The highest BCUT2D eigenvalue weighted by molar-refractivity contribution is 5.93. The average Bonchev–Trinajstić information content (AvgIpc) is 3.18. The second kappa shape index (κ2) is 7.03. The fourth-order valence-corrected chi connectivity index (χ4v) is 3.75. The minimum atomic E-state index is -0.0244. The Morgan fingerprint density at radius 2 is 1.86 bits per heavy atom. The van der Waals surface area contributed by atoms with Gasteiger partial charge in [-0.1, -0.05) is 6.07 Å². The van der Waals surface area contributed by atoms with Crippen molar-refractivity contribution in [3.63, 3.8) is 0 Å². The molecule has 0 radical (unpaired) electrons. The third-order valence-corrected chi connectivity index (χ3v) is 5.25. The second-order valence-electron chi connectivity index (χ2n) is 7.04. The molecule has 2 aliphatic rings. The van der Waals surface area contributed by atoms with Crippen LogP contribution < -0.4 is 19.7 Å². The summed E-state index contributed by atoms with van der Waals surface area (Å²) in [6.45, 7) is 2.63. The molecular weight excluding hydrogens is 358 g/mol. The lowest BCUT2D eigenvalue weighted by Crippen LogP contribution is -2.39. The summed E-state index contributed by atoms with van der Waals surface area (Å²) in [6.07, 6.45) is 3.52. The predicted octanol–water partition coefficient (Wildman–Crippen LogP) is 2.36. The van der Waals surface area contributed by atoms with E-state index in [4.69, 9.17) is 9.47 Å². The van der Waals surface area contributed by atoms with Crippen molar-refractivity contribution < 1.29 is 14.3 Å². The van der Waals surface area contributed by atoms with Crippen molar-refractivity contribution in [3.8, 4) is 11.5 Å². The fraction of sp³-hybridized carbons (Fsp3) is 0.350. The van der Waals surface area contributed by atoms with Gasteiger partial charge in [-0.15, -0.1) is 10.2 Å². The Balaban J connectivity index is 1.22. The van der Waals surface area contributed by atoms with Crippen LogP contribution in [0.25, 0.3) is 5.65 Å². The van der Waals surface area contributed by atoms with Crippen LogP contribution in [0.1, 0.15) is 12.8 Å². The van der Waals surface area contributed by atoms with E-state index in [0.717, 1.165) is 49.0 Å². The SMILES string of the molecule is O=C(Nc1ccc2c(c1)OCCO2)C1CCN(c2nnc3ccccn23)CC1. The van der Waals surface area contributed by atoms with Crippen LogP contribution in [0.3, 0.4) is 0 Å². The van der Waals surface area contributed by atoms with Gasteiger partial charge in [0.2, 0.25) is 11.9 Å². The molecule has 1 N–H and O–H groups in total. The number of nitrogens with zero attached hydrogens (tertiary/aromatic N) is 4. The molecule has 0 bridgehead atoms. The maximum absolute atomic E-state index is 12.7. The molecule has 1 fully saturated rings. The average molecular weight is 379 g/mol. The minimum Gasteiger partial charge on any atom is -0.486 e. The van der Waals surface area contributed by atoms with Crippen LogP contribution in [0.5, 0.6) is 11.5 Å². The van der Waals surface area contributed by atoms with Gasteiger partial charge in [-0.2, -0.15) is 0 Å². The van der Waals surface area contributed by atoms with Gasteiger partial charge in [0.1, 0.15) is 13.2 Å². The van der Waals surface area contributed by atoms with Crippen molar-refractivity contribution in [3.05, 3.63) is 42.6 Å². The lowest BCUT2D eigenvalue weighted by molar-refractivity contribution is -0.120. The first-order chi connectivity index (χ1) is 13.8. The Hall–Kier alpha value is -3.29. The first-order valence-corrected chi connectivity index (χ1v) is 9.53. The van der Waals surface area contributed by atoms with Gasteiger partial charge in [0.05, 0.1) is 0 Å². The summed E-state index contributed by atoms with van der Waals surface area (Å²) in [7, 11) is 0. The molecule has 8 heteroatoms. The van der Waals surface area contributed by atoms with E-state index < -0.39 is 0 Å². The Bertz CT molecular complexity index is 1010. The van der Waals surface area contributed by atoms with Gasteiger partial charge in [-0.3, -0.25) is 9.20 Å². The van der Waals surface area contributed by atoms with Crippen LogP contribution in [0.15, 0.2) is 42.6 Å². The van der Waals surface area contributed by atoms with Crippen LogP contribution in [0.2, 0.25) is 0 Å².